The summed E-state index contributed by atoms with van der Waals surface area (Å²) in [5.74, 6) is -0.600. The Hall–Kier alpha value is -2.04. The molecule has 1 N–H and O–H groups in total. The molecule has 0 radical (unpaired) electrons. The van der Waals surface area contributed by atoms with Gasteiger partial charge in [-0.1, -0.05) is 35.3 Å². The molecule has 124 valence electrons. The summed E-state index contributed by atoms with van der Waals surface area (Å²) in [7, 11) is 0. The van der Waals surface area contributed by atoms with E-state index in [9.17, 15) is 9.59 Å². The fourth-order valence-electron chi connectivity index (χ4n) is 2.76. The Kier molecular flexibility index (Phi) is 4.52. The van der Waals surface area contributed by atoms with Crippen molar-refractivity contribution in [3.63, 3.8) is 0 Å². The van der Waals surface area contributed by atoms with Crippen molar-refractivity contribution in [2.45, 2.75) is 26.3 Å². The number of benzene rings is 2. The lowest BCUT2D eigenvalue weighted by Crippen LogP contribution is -2.35. The molecule has 0 bridgehead atoms. The van der Waals surface area contributed by atoms with E-state index in [1.807, 2.05) is 32.0 Å². The monoisotopic (exact) mass is 362 g/mol. The molecule has 4 nitrogen and oxygen atoms in total. The first kappa shape index (κ1) is 16.8. The second-order valence-corrected chi connectivity index (χ2v) is 6.66. The van der Waals surface area contributed by atoms with Crippen molar-refractivity contribution in [2.24, 2.45) is 0 Å². The number of anilines is 2. The van der Waals surface area contributed by atoms with Crippen LogP contribution in [0.5, 0.6) is 0 Å². The number of halogens is 2. The van der Waals surface area contributed by atoms with Crippen LogP contribution in [0.4, 0.5) is 11.4 Å². The summed E-state index contributed by atoms with van der Waals surface area (Å²) in [5.41, 5.74) is 3.39. The SMILES string of the molecule is Cc1cccc(N[C@H]2CC(=O)N(c3ccc(Cl)cc3Cl)C2=O)c1C. The lowest BCUT2D eigenvalue weighted by molar-refractivity contribution is -0.121. The zero-order chi connectivity index (χ0) is 17.4. The average Bonchev–Trinajstić information content (AvgIpc) is 2.79. The van der Waals surface area contributed by atoms with Gasteiger partial charge in [-0.3, -0.25) is 9.59 Å². The van der Waals surface area contributed by atoms with E-state index in [4.69, 9.17) is 23.2 Å². The van der Waals surface area contributed by atoms with Gasteiger partial charge in [-0.2, -0.15) is 0 Å². The maximum absolute atomic E-state index is 12.7. The number of hydrogen-bond donors (Lipinski definition) is 1. The van der Waals surface area contributed by atoms with Gasteiger partial charge in [0.1, 0.15) is 6.04 Å². The molecule has 0 aliphatic carbocycles. The molecule has 1 atom stereocenters. The first-order chi connectivity index (χ1) is 11.4. The van der Waals surface area contributed by atoms with Gasteiger partial charge in [-0.25, -0.2) is 4.90 Å². The van der Waals surface area contributed by atoms with Crippen LogP contribution in [0.2, 0.25) is 10.0 Å². The van der Waals surface area contributed by atoms with E-state index in [1.54, 1.807) is 12.1 Å². The van der Waals surface area contributed by atoms with E-state index in [0.717, 1.165) is 21.7 Å². The van der Waals surface area contributed by atoms with E-state index in [1.165, 1.54) is 6.07 Å². The Morgan fingerprint density at radius 3 is 2.58 bits per heavy atom. The maximum atomic E-state index is 12.7. The van der Waals surface area contributed by atoms with Crippen LogP contribution in [0, 0.1) is 13.8 Å². The molecule has 6 heteroatoms. The van der Waals surface area contributed by atoms with Crippen LogP contribution in [-0.4, -0.2) is 17.9 Å². The van der Waals surface area contributed by atoms with Gasteiger partial charge in [0.25, 0.3) is 5.91 Å². The molecule has 0 spiro atoms. The summed E-state index contributed by atoms with van der Waals surface area (Å²) in [6.45, 7) is 3.98. The first-order valence-corrected chi connectivity index (χ1v) is 8.28. The topological polar surface area (TPSA) is 49.4 Å². The number of nitrogens with zero attached hydrogens (tertiary/aromatic N) is 1. The minimum Gasteiger partial charge on any atom is -0.373 e. The summed E-state index contributed by atoms with van der Waals surface area (Å²) in [6.07, 6.45) is 0.0885. The third-order valence-electron chi connectivity index (χ3n) is 4.23. The highest BCUT2D eigenvalue weighted by Gasteiger charge is 2.40. The minimum absolute atomic E-state index is 0.0885. The molecular formula is C18H16Cl2N2O2. The van der Waals surface area contributed by atoms with Crippen molar-refractivity contribution >= 4 is 46.4 Å². The number of carbonyl (C=O) groups is 2. The molecule has 1 fully saturated rings. The highest BCUT2D eigenvalue weighted by molar-refractivity contribution is 6.38. The van der Waals surface area contributed by atoms with Gasteiger partial charge in [0.2, 0.25) is 5.91 Å². The Bertz CT molecular complexity index is 836. The summed E-state index contributed by atoms with van der Waals surface area (Å²) < 4.78 is 0. The van der Waals surface area contributed by atoms with E-state index in [2.05, 4.69) is 5.32 Å². The average molecular weight is 363 g/mol. The number of hydrogen-bond acceptors (Lipinski definition) is 3. The molecule has 0 saturated carbocycles. The fraction of sp³-hybridized carbons (Fsp3) is 0.222. The summed E-state index contributed by atoms with van der Waals surface area (Å²) in [4.78, 5) is 26.2. The second-order valence-electron chi connectivity index (χ2n) is 5.81. The Labute approximate surface area is 150 Å². The van der Waals surface area contributed by atoms with Crippen LogP contribution in [-0.2, 0) is 9.59 Å². The highest BCUT2D eigenvalue weighted by atomic mass is 35.5. The van der Waals surface area contributed by atoms with Crippen molar-refractivity contribution < 1.29 is 9.59 Å². The second kappa shape index (κ2) is 6.46. The van der Waals surface area contributed by atoms with Crippen molar-refractivity contribution in [2.75, 3.05) is 10.2 Å². The third-order valence-corrected chi connectivity index (χ3v) is 4.77. The van der Waals surface area contributed by atoms with Gasteiger partial charge >= 0.3 is 0 Å². The fourth-order valence-corrected chi connectivity index (χ4v) is 3.25. The van der Waals surface area contributed by atoms with E-state index in [-0.39, 0.29) is 23.3 Å². The first-order valence-electron chi connectivity index (χ1n) is 7.53. The smallest absolute Gasteiger partial charge is 0.256 e. The zero-order valence-corrected chi connectivity index (χ0v) is 14.8. The number of nitrogens with one attached hydrogen (secondary N) is 1. The normalized spacial score (nSPS) is 17.5. The van der Waals surface area contributed by atoms with E-state index >= 15 is 0 Å². The van der Waals surface area contributed by atoms with Gasteiger partial charge in [0, 0.05) is 10.7 Å². The predicted octanol–water partition coefficient (Wildman–Crippen LogP) is 4.35. The van der Waals surface area contributed by atoms with E-state index in [0.29, 0.717) is 10.7 Å². The van der Waals surface area contributed by atoms with Crippen LogP contribution in [0.3, 0.4) is 0 Å². The summed E-state index contributed by atoms with van der Waals surface area (Å²) in [6, 6.07) is 9.92. The molecular weight excluding hydrogens is 347 g/mol. The molecule has 1 aliphatic rings. The van der Waals surface area contributed by atoms with Crippen LogP contribution < -0.4 is 10.2 Å². The van der Waals surface area contributed by atoms with Gasteiger partial charge in [-0.15, -0.1) is 0 Å². The molecule has 0 aromatic heterocycles. The predicted molar refractivity (Wildman–Crippen MR) is 96.9 cm³/mol. The molecule has 3 rings (SSSR count). The number of carbonyl (C=O) groups excluding carboxylic acids is 2. The van der Waals surface area contributed by atoms with Crippen molar-refractivity contribution in [3.8, 4) is 0 Å². The quantitative estimate of drug-likeness (QED) is 0.825. The van der Waals surface area contributed by atoms with Crippen LogP contribution in [0.25, 0.3) is 0 Å². The molecule has 1 aliphatic heterocycles. The largest absolute Gasteiger partial charge is 0.373 e. The van der Waals surface area contributed by atoms with Crippen LogP contribution >= 0.6 is 23.2 Å². The number of rotatable bonds is 3. The number of aryl methyl sites for hydroxylation is 1. The van der Waals surface area contributed by atoms with Gasteiger partial charge < -0.3 is 5.32 Å². The van der Waals surface area contributed by atoms with Crippen molar-refractivity contribution in [1.29, 1.82) is 0 Å². The van der Waals surface area contributed by atoms with Gasteiger partial charge in [-0.05, 0) is 49.2 Å². The maximum Gasteiger partial charge on any atom is 0.256 e. The lowest BCUT2D eigenvalue weighted by atomic mass is 10.1. The summed E-state index contributed by atoms with van der Waals surface area (Å²) in [5, 5.41) is 3.91. The molecule has 2 aromatic carbocycles. The molecule has 0 unspecified atom stereocenters. The van der Waals surface area contributed by atoms with Crippen molar-refractivity contribution in [3.05, 3.63) is 57.6 Å². The summed E-state index contributed by atoms with van der Waals surface area (Å²) >= 11 is 12.0. The Morgan fingerprint density at radius 1 is 1.12 bits per heavy atom. The van der Waals surface area contributed by atoms with Gasteiger partial charge in [0.15, 0.2) is 0 Å². The molecule has 1 heterocycles. The van der Waals surface area contributed by atoms with Crippen LogP contribution in [0.1, 0.15) is 17.5 Å². The standard InChI is InChI=1S/C18H16Cl2N2O2/c1-10-4-3-5-14(11(10)2)21-15-9-17(23)22(18(15)24)16-7-6-12(19)8-13(16)20/h3-8,15,21H,9H2,1-2H3/t15-/m0/s1. The van der Waals surface area contributed by atoms with Crippen molar-refractivity contribution in [1.82, 2.24) is 0 Å². The minimum atomic E-state index is -0.607. The molecule has 2 aromatic rings. The third kappa shape index (κ3) is 2.99. The Balaban J connectivity index is 1.88. The van der Waals surface area contributed by atoms with Gasteiger partial charge in [0.05, 0.1) is 17.1 Å². The van der Waals surface area contributed by atoms with E-state index < -0.39 is 6.04 Å². The molecule has 2 amide bonds. The zero-order valence-electron chi connectivity index (χ0n) is 13.3. The lowest BCUT2D eigenvalue weighted by Gasteiger charge is -2.18. The number of imide groups is 1. The molecule has 24 heavy (non-hydrogen) atoms. The number of amides is 2. The molecule has 1 saturated heterocycles. The Morgan fingerprint density at radius 2 is 1.88 bits per heavy atom. The highest BCUT2D eigenvalue weighted by Crippen LogP contribution is 2.33. The van der Waals surface area contributed by atoms with Crippen LogP contribution in [0.15, 0.2) is 36.4 Å².